The van der Waals surface area contributed by atoms with Gasteiger partial charge in [0.25, 0.3) is 0 Å². The van der Waals surface area contributed by atoms with Gasteiger partial charge in [-0.3, -0.25) is 10.1 Å². The van der Waals surface area contributed by atoms with Crippen LogP contribution in [0.15, 0.2) is 12.1 Å². The minimum absolute atomic E-state index is 0.0595. The predicted molar refractivity (Wildman–Crippen MR) is 76.3 cm³/mol. The molecule has 0 atom stereocenters. The molecule has 0 aromatic heterocycles. The molecule has 116 valence electrons. The van der Waals surface area contributed by atoms with E-state index in [4.69, 9.17) is 9.84 Å². The number of methoxy groups -OCH3 is 1. The number of benzene rings is 1. The first-order valence-corrected chi connectivity index (χ1v) is 6.98. The Morgan fingerprint density at radius 3 is 2.71 bits per heavy atom. The number of aliphatic hydroxyl groups excluding tert-OH is 1. The molecular weight excluding hydrogens is 279 g/mol. The summed E-state index contributed by atoms with van der Waals surface area (Å²) in [6.07, 6.45) is 3.36. The molecule has 0 saturated heterocycles. The highest BCUT2D eigenvalue weighted by molar-refractivity contribution is 5.61. The Hall–Kier alpha value is -1.89. The SMILES string of the molecule is COc1cc(N(CCCCO)C2CC2)c(F)cc1[N+](=O)[O-]. The van der Waals surface area contributed by atoms with Gasteiger partial charge in [0.05, 0.1) is 23.8 Å². The number of halogens is 1. The lowest BCUT2D eigenvalue weighted by Gasteiger charge is -2.25. The zero-order chi connectivity index (χ0) is 15.4. The summed E-state index contributed by atoms with van der Waals surface area (Å²) in [5, 5.41) is 19.7. The molecule has 0 aliphatic heterocycles. The van der Waals surface area contributed by atoms with E-state index in [1.54, 1.807) is 0 Å². The van der Waals surface area contributed by atoms with Gasteiger partial charge in [-0.15, -0.1) is 0 Å². The molecule has 0 radical (unpaired) electrons. The van der Waals surface area contributed by atoms with Gasteiger partial charge >= 0.3 is 5.69 Å². The van der Waals surface area contributed by atoms with Gasteiger partial charge in [0.15, 0.2) is 11.6 Å². The van der Waals surface area contributed by atoms with E-state index in [0.717, 1.165) is 25.3 Å². The molecule has 1 aliphatic carbocycles. The lowest BCUT2D eigenvalue weighted by Crippen LogP contribution is -2.28. The first-order valence-electron chi connectivity index (χ1n) is 6.98. The number of hydrogen-bond acceptors (Lipinski definition) is 5. The van der Waals surface area contributed by atoms with Gasteiger partial charge in [-0.05, 0) is 25.7 Å². The van der Waals surface area contributed by atoms with Gasteiger partial charge in [0.1, 0.15) is 0 Å². The third kappa shape index (κ3) is 3.60. The van der Waals surface area contributed by atoms with Crippen molar-refractivity contribution in [2.75, 3.05) is 25.2 Å². The van der Waals surface area contributed by atoms with E-state index in [-0.39, 0.29) is 24.1 Å². The molecule has 0 unspecified atom stereocenters. The summed E-state index contributed by atoms with van der Waals surface area (Å²) in [7, 11) is 1.33. The van der Waals surface area contributed by atoms with Crippen LogP contribution in [0.1, 0.15) is 25.7 Å². The fraction of sp³-hybridized carbons (Fsp3) is 0.571. The van der Waals surface area contributed by atoms with Gasteiger partial charge in [-0.2, -0.15) is 0 Å². The first kappa shape index (κ1) is 15.5. The minimum atomic E-state index is -0.654. The minimum Gasteiger partial charge on any atom is -0.490 e. The van der Waals surface area contributed by atoms with E-state index < -0.39 is 10.7 Å². The van der Waals surface area contributed by atoms with Crippen LogP contribution in [0.2, 0.25) is 0 Å². The van der Waals surface area contributed by atoms with Gasteiger partial charge in [-0.25, -0.2) is 4.39 Å². The van der Waals surface area contributed by atoms with Gasteiger partial charge in [-0.1, -0.05) is 0 Å². The van der Waals surface area contributed by atoms with Crippen LogP contribution in [0.3, 0.4) is 0 Å². The zero-order valence-corrected chi connectivity index (χ0v) is 11.9. The summed E-state index contributed by atoms with van der Waals surface area (Å²) in [4.78, 5) is 12.1. The van der Waals surface area contributed by atoms with Crippen LogP contribution in [-0.4, -0.2) is 36.3 Å². The number of aliphatic hydroxyl groups is 1. The van der Waals surface area contributed by atoms with Crippen molar-refractivity contribution in [3.63, 3.8) is 0 Å². The predicted octanol–water partition coefficient (Wildman–Crippen LogP) is 2.48. The highest BCUT2D eigenvalue weighted by Gasteiger charge is 2.32. The van der Waals surface area contributed by atoms with E-state index in [1.807, 2.05) is 4.90 Å². The monoisotopic (exact) mass is 298 g/mol. The molecule has 1 N–H and O–H groups in total. The van der Waals surface area contributed by atoms with Gasteiger partial charge < -0.3 is 14.7 Å². The molecule has 0 bridgehead atoms. The van der Waals surface area contributed by atoms with Crippen LogP contribution in [0, 0.1) is 15.9 Å². The molecular formula is C14H19FN2O4. The number of unbranched alkanes of at least 4 members (excludes halogenated alkanes) is 1. The maximum Gasteiger partial charge on any atom is 0.313 e. The van der Waals surface area contributed by atoms with E-state index in [1.165, 1.54) is 13.2 Å². The second-order valence-corrected chi connectivity index (χ2v) is 5.09. The van der Waals surface area contributed by atoms with Gasteiger partial charge in [0.2, 0.25) is 0 Å². The third-order valence-electron chi connectivity index (χ3n) is 3.55. The Bertz CT molecular complexity index is 520. The molecule has 6 nitrogen and oxygen atoms in total. The van der Waals surface area contributed by atoms with Crippen molar-refractivity contribution in [3.05, 3.63) is 28.1 Å². The summed E-state index contributed by atoms with van der Waals surface area (Å²) in [6.45, 7) is 0.716. The van der Waals surface area contributed by atoms with Crippen LogP contribution in [0.5, 0.6) is 5.75 Å². The number of ether oxygens (including phenoxy) is 1. The van der Waals surface area contributed by atoms with E-state index in [9.17, 15) is 14.5 Å². The van der Waals surface area contributed by atoms with Crippen LogP contribution in [0.25, 0.3) is 0 Å². The fourth-order valence-electron chi connectivity index (χ4n) is 2.34. The number of rotatable bonds is 8. The molecule has 1 aromatic carbocycles. The summed E-state index contributed by atoms with van der Waals surface area (Å²) in [5.41, 5.74) is -0.0391. The molecule has 2 rings (SSSR count). The summed E-state index contributed by atoms with van der Waals surface area (Å²) in [5.74, 6) is -0.553. The zero-order valence-electron chi connectivity index (χ0n) is 11.9. The van der Waals surface area contributed by atoms with Crippen molar-refractivity contribution in [3.8, 4) is 5.75 Å². The Labute approximate surface area is 122 Å². The number of nitrogens with zero attached hydrogens (tertiary/aromatic N) is 2. The van der Waals surface area contributed by atoms with Crippen LogP contribution < -0.4 is 9.64 Å². The molecule has 1 fully saturated rings. The van der Waals surface area contributed by atoms with Crippen LogP contribution >= 0.6 is 0 Å². The molecule has 0 heterocycles. The van der Waals surface area contributed by atoms with Crippen molar-refractivity contribution in [1.82, 2.24) is 0 Å². The number of nitro groups is 1. The van der Waals surface area contributed by atoms with Crippen molar-refractivity contribution in [1.29, 1.82) is 0 Å². The summed E-state index contributed by atoms with van der Waals surface area (Å²) < 4.78 is 19.2. The Kier molecular flexibility index (Phi) is 4.95. The molecule has 1 saturated carbocycles. The maximum atomic E-state index is 14.2. The summed E-state index contributed by atoms with van der Waals surface area (Å²) >= 11 is 0. The highest BCUT2D eigenvalue weighted by Crippen LogP contribution is 2.38. The first-order chi connectivity index (χ1) is 10.1. The second kappa shape index (κ2) is 6.71. The molecule has 1 aromatic rings. The third-order valence-corrected chi connectivity index (χ3v) is 3.55. The lowest BCUT2D eigenvalue weighted by atomic mass is 10.2. The Balaban J connectivity index is 2.29. The number of nitro benzene ring substituents is 1. The van der Waals surface area contributed by atoms with Gasteiger partial charge in [0, 0.05) is 25.3 Å². The molecule has 0 amide bonds. The topological polar surface area (TPSA) is 75.8 Å². The standard InChI is InChI=1S/C14H19FN2O4/c1-21-14-9-12(11(15)8-13(14)17(19)20)16(10-4-5-10)6-2-3-7-18/h8-10,18H,2-7H2,1H3. The average molecular weight is 298 g/mol. The average Bonchev–Trinajstić information content (AvgIpc) is 3.28. The summed E-state index contributed by atoms with van der Waals surface area (Å²) in [6, 6.07) is 2.57. The Morgan fingerprint density at radius 2 is 2.19 bits per heavy atom. The maximum absolute atomic E-state index is 14.2. The molecule has 7 heteroatoms. The highest BCUT2D eigenvalue weighted by atomic mass is 19.1. The second-order valence-electron chi connectivity index (χ2n) is 5.09. The van der Waals surface area contributed by atoms with Crippen LogP contribution in [-0.2, 0) is 0 Å². The van der Waals surface area contributed by atoms with Crippen molar-refractivity contribution < 1.29 is 19.2 Å². The van der Waals surface area contributed by atoms with E-state index >= 15 is 0 Å². The number of hydrogen-bond donors (Lipinski definition) is 1. The largest absolute Gasteiger partial charge is 0.490 e. The molecule has 1 aliphatic rings. The molecule has 0 spiro atoms. The number of anilines is 1. The van der Waals surface area contributed by atoms with Crippen LogP contribution in [0.4, 0.5) is 15.8 Å². The van der Waals surface area contributed by atoms with Crippen molar-refractivity contribution in [2.45, 2.75) is 31.7 Å². The fourth-order valence-corrected chi connectivity index (χ4v) is 2.34. The molecule has 21 heavy (non-hydrogen) atoms. The quantitative estimate of drug-likeness (QED) is 0.453. The Morgan fingerprint density at radius 1 is 1.48 bits per heavy atom. The normalized spacial score (nSPS) is 14.0. The smallest absolute Gasteiger partial charge is 0.313 e. The van der Waals surface area contributed by atoms with E-state index in [0.29, 0.717) is 18.7 Å². The van der Waals surface area contributed by atoms with Crippen molar-refractivity contribution >= 4 is 11.4 Å². The van der Waals surface area contributed by atoms with Crippen molar-refractivity contribution in [2.24, 2.45) is 0 Å². The van der Waals surface area contributed by atoms with E-state index in [2.05, 4.69) is 0 Å². The lowest BCUT2D eigenvalue weighted by molar-refractivity contribution is -0.385.